The minimum Gasteiger partial charge on any atom is -0.494 e. The molecule has 6 rings (SSSR count). The molecule has 1 N–H and O–H groups in total. The van der Waals surface area contributed by atoms with Gasteiger partial charge < -0.3 is 29.3 Å². The number of fused-ring (bicyclic) bond motifs is 2. The summed E-state index contributed by atoms with van der Waals surface area (Å²) in [6, 6.07) is 12.7. The lowest BCUT2D eigenvalue weighted by Crippen LogP contribution is -2.59. The third kappa shape index (κ3) is 5.04. The zero-order chi connectivity index (χ0) is 32.8. The van der Waals surface area contributed by atoms with Gasteiger partial charge in [-0.2, -0.15) is 0 Å². The van der Waals surface area contributed by atoms with Crippen molar-refractivity contribution >= 4 is 40.7 Å². The molecule has 2 fully saturated rings. The molecule has 3 amide bonds. The van der Waals surface area contributed by atoms with E-state index in [0.29, 0.717) is 48.1 Å². The third-order valence-corrected chi connectivity index (χ3v) is 10.1. The first-order valence-electron chi connectivity index (χ1n) is 16.2. The molecule has 1 spiro atoms. The van der Waals surface area contributed by atoms with Crippen molar-refractivity contribution in [1.82, 2.24) is 4.90 Å². The van der Waals surface area contributed by atoms with Gasteiger partial charge in [0.2, 0.25) is 11.8 Å². The molecule has 0 saturated carbocycles. The summed E-state index contributed by atoms with van der Waals surface area (Å²) in [6.07, 6.45) is 8.39. The van der Waals surface area contributed by atoms with E-state index in [1.54, 1.807) is 28.0 Å². The molecule has 4 aliphatic heterocycles. The Balaban J connectivity index is 1.49. The van der Waals surface area contributed by atoms with Crippen molar-refractivity contribution in [2.75, 3.05) is 36.1 Å². The number of likely N-dealkylation sites (tertiary alicyclic amines) is 1. The Bertz CT molecular complexity index is 1560. The monoisotopic (exact) mass is 647 g/mol. The third-order valence-electron chi connectivity index (χ3n) is 9.83. The van der Waals surface area contributed by atoms with Gasteiger partial charge in [-0.15, -0.1) is 0 Å². The molecular weight excluding hydrogens is 606 g/mol. The number of anilines is 2. The molecule has 2 aromatic carbocycles. The van der Waals surface area contributed by atoms with Crippen LogP contribution in [0.15, 0.2) is 72.8 Å². The summed E-state index contributed by atoms with van der Waals surface area (Å²) in [5, 5.41) is 11.1. The number of rotatable bonds is 9. The van der Waals surface area contributed by atoms with Crippen LogP contribution in [-0.2, 0) is 19.1 Å². The van der Waals surface area contributed by atoms with Crippen LogP contribution in [0.25, 0.3) is 0 Å². The molecule has 0 aliphatic carbocycles. The van der Waals surface area contributed by atoms with E-state index in [1.165, 1.54) is 4.90 Å². The van der Waals surface area contributed by atoms with Gasteiger partial charge in [0.25, 0.3) is 5.91 Å². The van der Waals surface area contributed by atoms with Crippen LogP contribution in [0, 0.1) is 17.8 Å². The van der Waals surface area contributed by atoms with Crippen LogP contribution in [0.1, 0.15) is 40.5 Å². The maximum absolute atomic E-state index is 14.9. The summed E-state index contributed by atoms with van der Waals surface area (Å²) in [5.41, 5.74) is -1.38. The lowest BCUT2D eigenvalue weighted by Gasteiger charge is -2.41. The number of benzene rings is 2. The fourth-order valence-electron chi connectivity index (χ4n) is 7.92. The van der Waals surface area contributed by atoms with E-state index in [-0.39, 0.29) is 36.8 Å². The van der Waals surface area contributed by atoms with Crippen LogP contribution in [0.3, 0.4) is 0 Å². The predicted octanol–water partition coefficient (Wildman–Crippen LogP) is 5.01. The van der Waals surface area contributed by atoms with E-state index >= 15 is 0 Å². The molecule has 10 heteroatoms. The molecule has 9 nitrogen and oxygen atoms in total. The fraction of sp³-hybridized carbons (Fsp3) is 0.472. The summed E-state index contributed by atoms with van der Waals surface area (Å²) in [4.78, 5) is 49.3. The number of hydrogen-bond acceptors (Lipinski definition) is 6. The molecule has 244 valence electrons. The number of aliphatic hydroxyl groups is 1. The number of carbonyl (C=O) groups excluding carboxylic acids is 3. The maximum Gasteiger partial charge on any atom is 0.253 e. The van der Waals surface area contributed by atoms with Crippen molar-refractivity contribution in [3.8, 4) is 5.75 Å². The topological polar surface area (TPSA) is 99.6 Å². The van der Waals surface area contributed by atoms with Crippen LogP contribution in [0.4, 0.5) is 11.4 Å². The summed E-state index contributed by atoms with van der Waals surface area (Å²) >= 11 is 6.60. The molecule has 2 saturated heterocycles. The van der Waals surface area contributed by atoms with E-state index in [2.05, 4.69) is 0 Å². The minimum absolute atomic E-state index is 0.130. The molecule has 6 atom stereocenters. The van der Waals surface area contributed by atoms with E-state index in [4.69, 9.17) is 21.1 Å². The highest BCUT2D eigenvalue weighted by Crippen LogP contribution is 2.59. The maximum atomic E-state index is 14.9. The summed E-state index contributed by atoms with van der Waals surface area (Å²) in [5.74, 6) is -2.05. The molecule has 0 bridgehead atoms. The van der Waals surface area contributed by atoms with Crippen molar-refractivity contribution in [2.24, 2.45) is 17.8 Å². The minimum atomic E-state index is -1.45. The highest BCUT2D eigenvalue weighted by Gasteiger charge is 2.76. The first-order valence-corrected chi connectivity index (χ1v) is 16.6. The Kier molecular flexibility index (Phi) is 8.78. The van der Waals surface area contributed by atoms with Crippen LogP contribution < -0.4 is 14.5 Å². The number of para-hydroxylation sites is 1. The first-order chi connectivity index (χ1) is 22.1. The Labute approximate surface area is 275 Å². The lowest BCUT2D eigenvalue weighted by atomic mass is 9.73. The normalized spacial score (nSPS) is 29.5. The van der Waals surface area contributed by atoms with Crippen molar-refractivity contribution < 1.29 is 29.0 Å². The van der Waals surface area contributed by atoms with Crippen LogP contribution in [-0.4, -0.2) is 77.3 Å². The number of halogens is 1. The summed E-state index contributed by atoms with van der Waals surface area (Å²) < 4.78 is 12.7. The van der Waals surface area contributed by atoms with Gasteiger partial charge in [0.15, 0.2) is 0 Å². The van der Waals surface area contributed by atoms with Crippen LogP contribution in [0.5, 0.6) is 5.75 Å². The van der Waals surface area contributed by atoms with Gasteiger partial charge in [0.05, 0.1) is 47.4 Å². The highest BCUT2D eigenvalue weighted by atomic mass is 35.5. The Morgan fingerprint density at radius 2 is 1.63 bits per heavy atom. The standard InChI is InChI=1S/C36H42ClN3O6/c1-5-35-17-9-19-38(24-13-15-26(16-14-24)45-6-2)32(42)29(35)30-33(43)40(25(22-41)21-23(3)4)31-34(44)39(20-10-18-36(30,31)46-35)28-12-8-7-11-27(28)37/h7-18,23,25,29-31,41H,5-6,19-22H2,1-4H3/t25-,29-,30+,31?,35+,36+/m1/s1. The molecule has 4 aliphatic rings. The fourth-order valence-corrected chi connectivity index (χ4v) is 8.16. The average Bonchev–Trinajstić information content (AvgIpc) is 3.34. The van der Waals surface area contributed by atoms with Crippen LogP contribution >= 0.6 is 11.6 Å². The van der Waals surface area contributed by atoms with E-state index < -0.39 is 35.1 Å². The number of hydrogen-bond donors (Lipinski definition) is 1. The van der Waals surface area contributed by atoms with Crippen molar-refractivity contribution in [1.29, 1.82) is 0 Å². The SMILES string of the molecule is CCOc1ccc(N2CC=C[C@]3(CC)O[C@]45C=CCN(c6ccccc6Cl)C(=O)C4N([C@@H](CO)CC(C)C)C(=O)[C@@H]5[C@@H]3C2=O)cc1. The second-order valence-electron chi connectivity index (χ2n) is 12.9. The summed E-state index contributed by atoms with van der Waals surface area (Å²) in [7, 11) is 0. The van der Waals surface area contributed by atoms with E-state index in [1.807, 2.05) is 82.3 Å². The van der Waals surface area contributed by atoms with Crippen molar-refractivity contribution in [3.63, 3.8) is 0 Å². The van der Waals surface area contributed by atoms with Crippen molar-refractivity contribution in [3.05, 3.63) is 77.9 Å². The molecule has 4 heterocycles. The van der Waals surface area contributed by atoms with Gasteiger partial charge in [-0.05, 0) is 62.1 Å². The van der Waals surface area contributed by atoms with Gasteiger partial charge in [0.1, 0.15) is 17.4 Å². The van der Waals surface area contributed by atoms with E-state index in [9.17, 15) is 19.5 Å². The number of ether oxygens (including phenoxy) is 2. The molecule has 46 heavy (non-hydrogen) atoms. The molecule has 0 aromatic heterocycles. The average molecular weight is 648 g/mol. The Morgan fingerprint density at radius 1 is 0.935 bits per heavy atom. The van der Waals surface area contributed by atoms with Gasteiger partial charge in [-0.25, -0.2) is 0 Å². The van der Waals surface area contributed by atoms with Crippen LogP contribution in [0.2, 0.25) is 5.02 Å². The molecular formula is C36H42ClN3O6. The van der Waals surface area contributed by atoms with Gasteiger partial charge >= 0.3 is 0 Å². The van der Waals surface area contributed by atoms with Gasteiger partial charge in [-0.1, -0.05) is 68.8 Å². The zero-order valence-corrected chi connectivity index (χ0v) is 27.5. The first kappa shape index (κ1) is 32.3. The lowest BCUT2D eigenvalue weighted by molar-refractivity contribution is -0.149. The highest BCUT2D eigenvalue weighted by molar-refractivity contribution is 6.34. The zero-order valence-electron chi connectivity index (χ0n) is 26.8. The molecule has 2 aromatic rings. The summed E-state index contributed by atoms with van der Waals surface area (Å²) in [6.45, 7) is 8.58. The van der Waals surface area contributed by atoms with Gasteiger partial charge in [-0.3, -0.25) is 14.4 Å². The second kappa shape index (κ2) is 12.5. The number of nitrogens with zero attached hydrogens (tertiary/aromatic N) is 3. The number of aliphatic hydroxyl groups excluding tert-OH is 1. The van der Waals surface area contributed by atoms with Gasteiger partial charge in [0, 0.05) is 18.8 Å². The quantitative estimate of drug-likeness (QED) is 0.384. The Hall–Kier alpha value is -3.66. The Morgan fingerprint density at radius 3 is 2.28 bits per heavy atom. The largest absolute Gasteiger partial charge is 0.494 e. The van der Waals surface area contributed by atoms with E-state index in [0.717, 1.165) is 0 Å². The van der Waals surface area contributed by atoms with Crippen molar-refractivity contribution in [2.45, 2.75) is 63.8 Å². The molecule has 1 unspecified atom stereocenters. The number of amides is 3. The smallest absolute Gasteiger partial charge is 0.253 e. The molecule has 0 radical (unpaired) electrons. The number of carbonyl (C=O) groups is 3. The second-order valence-corrected chi connectivity index (χ2v) is 13.3. The predicted molar refractivity (Wildman–Crippen MR) is 177 cm³/mol.